The van der Waals surface area contributed by atoms with Gasteiger partial charge < -0.3 is 10.1 Å². The Morgan fingerprint density at radius 3 is 2.67 bits per heavy atom. The average molecular weight is 329 g/mol. The lowest BCUT2D eigenvalue weighted by atomic mass is 10.1. The van der Waals surface area contributed by atoms with Crippen molar-refractivity contribution in [2.24, 2.45) is 7.05 Å². The smallest absolute Gasteiger partial charge is 0.312 e. The van der Waals surface area contributed by atoms with E-state index >= 15 is 0 Å². The Hall–Kier alpha value is -2.70. The molecule has 1 aliphatic carbocycles. The molecule has 0 saturated heterocycles. The third-order valence-electron chi connectivity index (χ3n) is 3.95. The number of esters is 1. The standard InChI is InChI=1S/C17H19N3O4/c1-10(16(22)18-11-7-8-11)24-15(21)9-14-12-5-3-4-6-13(12)17(23)20(2)19-14/h3-6,10-11H,7-9H2,1-2H3,(H,18,22)/t10-/m1/s1. The van der Waals surface area contributed by atoms with Crippen LogP contribution in [0.5, 0.6) is 0 Å². The maximum atomic E-state index is 12.1. The third-order valence-corrected chi connectivity index (χ3v) is 3.95. The number of aromatic nitrogens is 2. The monoisotopic (exact) mass is 329 g/mol. The molecule has 7 heteroatoms. The van der Waals surface area contributed by atoms with E-state index in [1.54, 1.807) is 31.2 Å². The summed E-state index contributed by atoms with van der Waals surface area (Å²) in [7, 11) is 1.54. The Bertz CT molecular complexity index is 855. The van der Waals surface area contributed by atoms with Gasteiger partial charge in [-0.05, 0) is 25.8 Å². The number of ether oxygens (including phenoxy) is 1. The van der Waals surface area contributed by atoms with Crippen molar-refractivity contribution in [1.29, 1.82) is 0 Å². The molecule has 1 fully saturated rings. The Balaban J connectivity index is 1.74. The topological polar surface area (TPSA) is 90.3 Å². The maximum absolute atomic E-state index is 12.1. The van der Waals surface area contributed by atoms with Crippen LogP contribution in [-0.2, 0) is 27.8 Å². The molecule has 0 spiro atoms. The number of carbonyl (C=O) groups excluding carboxylic acids is 2. The quantitative estimate of drug-likeness (QED) is 0.815. The minimum Gasteiger partial charge on any atom is -0.452 e. The van der Waals surface area contributed by atoms with Crippen molar-refractivity contribution in [3.8, 4) is 0 Å². The van der Waals surface area contributed by atoms with Crippen LogP contribution in [0, 0.1) is 0 Å². The summed E-state index contributed by atoms with van der Waals surface area (Å²) >= 11 is 0. The lowest BCUT2D eigenvalue weighted by Gasteiger charge is -2.13. The summed E-state index contributed by atoms with van der Waals surface area (Å²) in [6.45, 7) is 1.54. The minimum atomic E-state index is -0.850. The molecule has 1 N–H and O–H groups in total. The molecule has 1 aromatic heterocycles. The highest BCUT2D eigenvalue weighted by Crippen LogP contribution is 2.19. The molecular formula is C17H19N3O4. The van der Waals surface area contributed by atoms with E-state index in [4.69, 9.17) is 4.74 Å². The van der Waals surface area contributed by atoms with Crippen molar-refractivity contribution >= 4 is 22.6 Å². The lowest BCUT2D eigenvalue weighted by Crippen LogP contribution is -2.37. The highest BCUT2D eigenvalue weighted by molar-refractivity contribution is 5.88. The number of carbonyl (C=O) groups is 2. The predicted octanol–water partition coefficient (Wildman–Crippen LogP) is 0.686. The van der Waals surface area contributed by atoms with Crippen LogP contribution in [0.25, 0.3) is 10.8 Å². The van der Waals surface area contributed by atoms with Crippen molar-refractivity contribution in [3.63, 3.8) is 0 Å². The van der Waals surface area contributed by atoms with Crippen molar-refractivity contribution in [1.82, 2.24) is 15.1 Å². The van der Waals surface area contributed by atoms with Crippen molar-refractivity contribution in [3.05, 3.63) is 40.3 Å². The highest BCUT2D eigenvalue weighted by Gasteiger charge is 2.27. The summed E-state index contributed by atoms with van der Waals surface area (Å²) in [6, 6.07) is 7.20. The van der Waals surface area contributed by atoms with Gasteiger partial charge in [-0.15, -0.1) is 0 Å². The second-order valence-corrected chi connectivity index (χ2v) is 6.01. The maximum Gasteiger partial charge on any atom is 0.312 e. The predicted molar refractivity (Wildman–Crippen MR) is 87.4 cm³/mol. The number of fused-ring (bicyclic) bond motifs is 1. The van der Waals surface area contributed by atoms with E-state index < -0.39 is 12.1 Å². The van der Waals surface area contributed by atoms with Gasteiger partial charge in [0, 0.05) is 18.5 Å². The van der Waals surface area contributed by atoms with Crippen LogP contribution in [0.15, 0.2) is 29.1 Å². The molecule has 0 bridgehead atoms. The Kier molecular flexibility index (Phi) is 4.33. The fraction of sp³-hybridized carbons (Fsp3) is 0.412. The number of hydrogen-bond donors (Lipinski definition) is 1. The number of rotatable bonds is 5. The van der Waals surface area contributed by atoms with E-state index in [0.717, 1.165) is 12.8 Å². The summed E-state index contributed by atoms with van der Waals surface area (Å²) < 4.78 is 6.39. The van der Waals surface area contributed by atoms with E-state index in [0.29, 0.717) is 16.5 Å². The molecule has 1 aromatic carbocycles. The van der Waals surface area contributed by atoms with E-state index in [1.165, 1.54) is 11.7 Å². The van der Waals surface area contributed by atoms with Crippen LogP contribution in [0.1, 0.15) is 25.5 Å². The fourth-order valence-electron chi connectivity index (χ4n) is 2.48. The number of benzene rings is 1. The Morgan fingerprint density at radius 1 is 1.33 bits per heavy atom. The number of amides is 1. The number of nitrogens with one attached hydrogen (secondary N) is 1. The summed E-state index contributed by atoms with van der Waals surface area (Å²) in [5.41, 5.74) is 0.229. The first kappa shape index (κ1) is 16.2. The van der Waals surface area contributed by atoms with E-state index in [2.05, 4.69) is 10.4 Å². The largest absolute Gasteiger partial charge is 0.452 e. The molecule has 3 rings (SSSR count). The molecule has 0 aliphatic heterocycles. The van der Waals surface area contributed by atoms with Crippen molar-refractivity contribution < 1.29 is 14.3 Å². The van der Waals surface area contributed by atoms with Gasteiger partial charge in [0.25, 0.3) is 11.5 Å². The summed E-state index contributed by atoms with van der Waals surface area (Å²) in [6.07, 6.45) is 0.994. The van der Waals surface area contributed by atoms with E-state index in [9.17, 15) is 14.4 Å². The molecule has 1 atom stereocenters. The van der Waals surface area contributed by atoms with E-state index in [1.807, 2.05) is 0 Å². The molecule has 0 radical (unpaired) electrons. The molecule has 2 aromatic rings. The molecule has 0 unspecified atom stereocenters. The van der Waals surface area contributed by atoms with Gasteiger partial charge in [0.05, 0.1) is 17.5 Å². The van der Waals surface area contributed by atoms with Crippen LogP contribution < -0.4 is 10.9 Å². The molecule has 1 heterocycles. The van der Waals surface area contributed by atoms with Crippen LogP contribution >= 0.6 is 0 Å². The summed E-state index contributed by atoms with van der Waals surface area (Å²) in [5.74, 6) is -0.839. The summed E-state index contributed by atoms with van der Waals surface area (Å²) in [5, 5.41) is 8.06. The minimum absolute atomic E-state index is 0.102. The van der Waals surface area contributed by atoms with E-state index in [-0.39, 0.29) is 23.9 Å². The number of aryl methyl sites for hydroxylation is 1. The second-order valence-electron chi connectivity index (χ2n) is 6.01. The van der Waals surface area contributed by atoms with Gasteiger partial charge in [-0.2, -0.15) is 5.10 Å². The number of nitrogens with zero attached hydrogens (tertiary/aromatic N) is 2. The molecule has 1 aliphatic rings. The van der Waals surface area contributed by atoms with Gasteiger partial charge in [0.15, 0.2) is 6.10 Å². The van der Waals surface area contributed by atoms with Gasteiger partial charge in [0.2, 0.25) is 0 Å². The zero-order valence-corrected chi connectivity index (χ0v) is 13.6. The molecule has 24 heavy (non-hydrogen) atoms. The van der Waals surface area contributed by atoms with Gasteiger partial charge in [-0.3, -0.25) is 14.4 Å². The lowest BCUT2D eigenvalue weighted by molar-refractivity contribution is -0.154. The van der Waals surface area contributed by atoms with Gasteiger partial charge in [-0.25, -0.2) is 4.68 Å². The Morgan fingerprint density at radius 2 is 2.00 bits per heavy atom. The van der Waals surface area contributed by atoms with Gasteiger partial charge in [-0.1, -0.05) is 18.2 Å². The van der Waals surface area contributed by atoms with Gasteiger partial charge in [0.1, 0.15) is 0 Å². The van der Waals surface area contributed by atoms with Crippen molar-refractivity contribution in [2.75, 3.05) is 0 Å². The molecule has 1 amide bonds. The van der Waals surface area contributed by atoms with Crippen LogP contribution in [0.3, 0.4) is 0 Å². The fourth-order valence-corrected chi connectivity index (χ4v) is 2.48. The second kappa shape index (κ2) is 6.43. The normalized spacial score (nSPS) is 15.1. The highest BCUT2D eigenvalue weighted by atomic mass is 16.5. The third kappa shape index (κ3) is 3.45. The first-order valence-corrected chi connectivity index (χ1v) is 7.90. The van der Waals surface area contributed by atoms with Gasteiger partial charge >= 0.3 is 5.97 Å². The zero-order chi connectivity index (χ0) is 17.3. The molecular weight excluding hydrogens is 310 g/mol. The number of hydrogen-bond acceptors (Lipinski definition) is 5. The molecule has 126 valence electrons. The zero-order valence-electron chi connectivity index (χ0n) is 13.6. The summed E-state index contributed by atoms with van der Waals surface area (Å²) in [4.78, 5) is 36.1. The average Bonchev–Trinajstić information content (AvgIpc) is 3.36. The van der Waals surface area contributed by atoms with Crippen molar-refractivity contribution in [2.45, 2.75) is 38.3 Å². The van der Waals surface area contributed by atoms with Crippen LogP contribution in [-0.4, -0.2) is 33.8 Å². The molecule has 7 nitrogen and oxygen atoms in total. The van der Waals surface area contributed by atoms with Crippen LogP contribution in [0.4, 0.5) is 0 Å². The van der Waals surface area contributed by atoms with Crippen LogP contribution in [0.2, 0.25) is 0 Å². The SMILES string of the molecule is C[C@@H](OC(=O)Cc1nn(C)c(=O)c2ccccc12)C(=O)NC1CC1. The first-order chi connectivity index (χ1) is 11.5. The molecule has 1 saturated carbocycles. The first-order valence-electron chi connectivity index (χ1n) is 7.90. The Labute approximate surface area is 138 Å².